The van der Waals surface area contributed by atoms with Gasteiger partial charge in [-0.15, -0.1) is 6.42 Å². The van der Waals surface area contributed by atoms with Crippen molar-refractivity contribution in [1.82, 2.24) is 15.2 Å². The van der Waals surface area contributed by atoms with E-state index in [1.807, 2.05) is 12.1 Å². The van der Waals surface area contributed by atoms with E-state index < -0.39 is 0 Å². The molecule has 1 aromatic rings. The molecule has 0 radical (unpaired) electrons. The Labute approximate surface area is 130 Å². The van der Waals surface area contributed by atoms with Crippen LogP contribution >= 0.6 is 0 Å². The summed E-state index contributed by atoms with van der Waals surface area (Å²) in [5.41, 5.74) is 0.423. The van der Waals surface area contributed by atoms with E-state index in [-0.39, 0.29) is 12.5 Å². The van der Waals surface area contributed by atoms with Crippen molar-refractivity contribution >= 4 is 11.7 Å². The van der Waals surface area contributed by atoms with E-state index in [9.17, 15) is 4.79 Å². The van der Waals surface area contributed by atoms with Crippen molar-refractivity contribution in [3.63, 3.8) is 0 Å². The lowest BCUT2D eigenvalue weighted by atomic mass is 10.3. The Morgan fingerprint density at radius 1 is 1.36 bits per heavy atom. The SMILES string of the molecule is C#CCNC(=O)CN1CCCN(c2cccc(C#N)n2)CC1. The zero-order chi connectivity index (χ0) is 15.8. The van der Waals surface area contributed by atoms with Crippen LogP contribution in [0.4, 0.5) is 5.82 Å². The first-order chi connectivity index (χ1) is 10.7. The van der Waals surface area contributed by atoms with Crippen LogP contribution in [0.15, 0.2) is 18.2 Å². The van der Waals surface area contributed by atoms with E-state index >= 15 is 0 Å². The fourth-order valence-corrected chi connectivity index (χ4v) is 2.43. The molecule has 0 aromatic carbocycles. The molecular formula is C16H19N5O. The van der Waals surface area contributed by atoms with E-state index in [1.54, 1.807) is 6.07 Å². The van der Waals surface area contributed by atoms with Crippen LogP contribution < -0.4 is 10.2 Å². The Bertz CT molecular complexity index is 601. The zero-order valence-electron chi connectivity index (χ0n) is 12.5. The second-order valence-electron chi connectivity index (χ2n) is 5.09. The van der Waals surface area contributed by atoms with Crippen LogP contribution in [0.3, 0.4) is 0 Å². The lowest BCUT2D eigenvalue weighted by Gasteiger charge is -2.22. The Balaban J connectivity index is 1.91. The number of pyridine rings is 1. The highest BCUT2D eigenvalue weighted by Crippen LogP contribution is 2.14. The van der Waals surface area contributed by atoms with Crippen molar-refractivity contribution in [3.05, 3.63) is 23.9 Å². The molecule has 1 amide bonds. The maximum Gasteiger partial charge on any atom is 0.234 e. The van der Waals surface area contributed by atoms with Crippen LogP contribution in [0.5, 0.6) is 0 Å². The van der Waals surface area contributed by atoms with Crippen molar-refractivity contribution in [1.29, 1.82) is 5.26 Å². The van der Waals surface area contributed by atoms with E-state index in [2.05, 4.69) is 32.1 Å². The van der Waals surface area contributed by atoms with Crippen LogP contribution in [0.2, 0.25) is 0 Å². The van der Waals surface area contributed by atoms with Gasteiger partial charge in [0.25, 0.3) is 0 Å². The van der Waals surface area contributed by atoms with Gasteiger partial charge in [-0.2, -0.15) is 5.26 Å². The van der Waals surface area contributed by atoms with E-state index in [4.69, 9.17) is 11.7 Å². The molecule has 0 saturated carbocycles. The molecule has 1 saturated heterocycles. The molecule has 0 spiro atoms. The molecule has 2 heterocycles. The number of hydrogen-bond acceptors (Lipinski definition) is 5. The van der Waals surface area contributed by atoms with Crippen molar-refractivity contribution in [2.75, 3.05) is 44.2 Å². The standard InChI is InChI=1S/C16H19N5O/c1-2-7-18-16(22)13-20-8-4-9-21(11-10-20)15-6-3-5-14(12-17)19-15/h1,3,5-6H,4,7-11,13H2,(H,18,22). The molecule has 1 fully saturated rings. The van der Waals surface area contributed by atoms with Gasteiger partial charge in [0.1, 0.15) is 17.6 Å². The molecule has 114 valence electrons. The summed E-state index contributed by atoms with van der Waals surface area (Å²) in [6.45, 7) is 3.92. The minimum Gasteiger partial charge on any atom is -0.355 e. The van der Waals surface area contributed by atoms with E-state index in [0.29, 0.717) is 12.2 Å². The first-order valence-electron chi connectivity index (χ1n) is 7.27. The van der Waals surface area contributed by atoms with Crippen molar-refractivity contribution < 1.29 is 4.79 Å². The monoisotopic (exact) mass is 297 g/mol. The van der Waals surface area contributed by atoms with Crippen molar-refractivity contribution in [2.24, 2.45) is 0 Å². The summed E-state index contributed by atoms with van der Waals surface area (Å²) < 4.78 is 0. The number of anilines is 1. The van der Waals surface area contributed by atoms with Gasteiger partial charge in [0.15, 0.2) is 0 Å². The van der Waals surface area contributed by atoms with Crippen molar-refractivity contribution in [3.8, 4) is 18.4 Å². The average molecular weight is 297 g/mol. The summed E-state index contributed by atoms with van der Waals surface area (Å²) in [6.07, 6.45) is 6.07. The fourth-order valence-electron chi connectivity index (χ4n) is 2.43. The smallest absolute Gasteiger partial charge is 0.234 e. The van der Waals surface area contributed by atoms with Gasteiger partial charge in [0.05, 0.1) is 13.1 Å². The summed E-state index contributed by atoms with van der Waals surface area (Å²) in [5, 5.41) is 11.6. The van der Waals surface area contributed by atoms with Crippen LogP contribution in [-0.2, 0) is 4.79 Å². The quantitative estimate of drug-likeness (QED) is 0.805. The molecule has 1 aliphatic heterocycles. The zero-order valence-corrected chi connectivity index (χ0v) is 12.5. The van der Waals surface area contributed by atoms with Crippen LogP contribution in [0.1, 0.15) is 12.1 Å². The highest BCUT2D eigenvalue weighted by Gasteiger charge is 2.17. The number of hydrogen-bond donors (Lipinski definition) is 1. The van der Waals surface area contributed by atoms with Gasteiger partial charge in [0, 0.05) is 26.2 Å². The summed E-state index contributed by atoms with van der Waals surface area (Å²) in [6, 6.07) is 7.51. The van der Waals surface area contributed by atoms with Gasteiger partial charge in [-0.1, -0.05) is 12.0 Å². The number of nitriles is 1. The lowest BCUT2D eigenvalue weighted by molar-refractivity contribution is -0.121. The Morgan fingerprint density at radius 3 is 3.00 bits per heavy atom. The molecule has 2 rings (SSSR count). The molecule has 0 atom stereocenters. The van der Waals surface area contributed by atoms with Crippen LogP contribution in [-0.4, -0.2) is 55.1 Å². The normalized spacial score (nSPS) is 15.5. The maximum absolute atomic E-state index is 11.7. The molecule has 6 nitrogen and oxygen atoms in total. The number of rotatable bonds is 4. The number of carbonyl (C=O) groups excluding carboxylic acids is 1. The summed E-state index contributed by atoms with van der Waals surface area (Å²) in [4.78, 5) is 20.3. The van der Waals surface area contributed by atoms with Crippen molar-refractivity contribution in [2.45, 2.75) is 6.42 Å². The van der Waals surface area contributed by atoms with E-state index in [1.165, 1.54) is 0 Å². The number of terminal acetylenes is 1. The molecule has 0 unspecified atom stereocenters. The number of aromatic nitrogens is 1. The maximum atomic E-state index is 11.7. The second kappa shape index (κ2) is 8.02. The summed E-state index contributed by atoms with van der Waals surface area (Å²) >= 11 is 0. The number of nitrogens with one attached hydrogen (secondary N) is 1. The first kappa shape index (κ1) is 15.8. The number of carbonyl (C=O) groups is 1. The van der Waals surface area contributed by atoms with Crippen LogP contribution in [0.25, 0.3) is 0 Å². The third-order valence-electron chi connectivity index (χ3n) is 3.52. The molecular weight excluding hydrogens is 278 g/mol. The van der Waals surface area contributed by atoms with Gasteiger partial charge < -0.3 is 10.2 Å². The summed E-state index contributed by atoms with van der Waals surface area (Å²) in [7, 11) is 0. The minimum absolute atomic E-state index is 0.0454. The van der Waals surface area contributed by atoms with Gasteiger partial charge in [-0.05, 0) is 18.6 Å². The van der Waals surface area contributed by atoms with Gasteiger partial charge in [-0.25, -0.2) is 4.98 Å². The highest BCUT2D eigenvalue weighted by molar-refractivity contribution is 5.78. The van der Waals surface area contributed by atoms with Gasteiger partial charge >= 0.3 is 0 Å². The lowest BCUT2D eigenvalue weighted by Crippen LogP contribution is -2.39. The van der Waals surface area contributed by atoms with Crippen LogP contribution in [0, 0.1) is 23.7 Å². The minimum atomic E-state index is -0.0454. The molecule has 22 heavy (non-hydrogen) atoms. The van der Waals surface area contributed by atoms with Gasteiger partial charge in [-0.3, -0.25) is 9.69 Å². The Hall–Kier alpha value is -2.57. The molecule has 1 aliphatic rings. The molecule has 1 N–H and O–H groups in total. The Kier molecular flexibility index (Phi) is 5.76. The predicted molar refractivity (Wildman–Crippen MR) is 84.1 cm³/mol. The highest BCUT2D eigenvalue weighted by atomic mass is 16.2. The molecule has 6 heteroatoms. The Morgan fingerprint density at radius 2 is 2.23 bits per heavy atom. The summed E-state index contributed by atoms with van der Waals surface area (Å²) in [5.74, 6) is 3.17. The molecule has 0 bridgehead atoms. The third-order valence-corrected chi connectivity index (χ3v) is 3.52. The van der Waals surface area contributed by atoms with E-state index in [0.717, 1.165) is 38.4 Å². The first-order valence-corrected chi connectivity index (χ1v) is 7.27. The molecule has 1 aromatic heterocycles. The molecule has 0 aliphatic carbocycles. The predicted octanol–water partition coefficient (Wildman–Crippen LogP) is 0.215. The largest absolute Gasteiger partial charge is 0.355 e. The second-order valence-corrected chi connectivity index (χ2v) is 5.09. The third kappa shape index (κ3) is 4.47. The van der Waals surface area contributed by atoms with Gasteiger partial charge in [0.2, 0.25) is 5.91 Å². The number of nitrogens with zero attached hydrogens (tertiary/aromatic N) is 4. The number of amides is 1. The fraction of sp³-hybridized carbons (Fsp3) is 0.438. The average Bonchev–Trinajstić information content (AvgIpc) is 2.78. The topological polar surface area (TPSA) is 72.3 Å².